The van der Waals surface area contributed by atoms with Crippen LogP contribution in [-0.2, 0) is 32.9 Å². The van der Waals surface area contributed by atoms with Crippen molar-refractivity contribution in [3.63, 3.8) is 0 Å². The molecule has 1 aliphatic carbocycles. The summed E-state index contributed by atoms with van der Waals surface area (Å²) >= 11 is 5.79. The topological polar surface area (TPSA) is 106 Å². The lowest BCUT2D eigenvalue weighted by molar-refractivity contribution is 0.597. The van der Waals surface area contributed by atoms with Crippen molar-refractivity contribution < 1.29 is 16.8 Å². The monoisotopic (exact) mass is 412 g/mol. The highest BCUT2D eigenvalue weighted by atomic mass is 35.5. The van der Waals surface area contributed by atoms with Crippen LogP contribution in [0.4, 0.5) is 5.69 Å². The van der Waals surface area contributed by atoms with E-state index in [1.807, 2.05) is 0 Å². The third-order valence-corrected chi connectivity index (χ3v) is 6.36. The van der Waals surface area contributed by atoms with E-state index in [0.29, 0.717) is 22.6 Å². The number of sulfonamides is 2. The van der Waals surface area contributed by atoms with Crippen LogP contribution in [0.25, 0.3) is 6.08 Å². The van der Waals surface area contributed by atoms with Crippen LogP contribution in [0.5, 0.6) is 0 Å². The predicted molar refractivity (Wildman–Crippen MR) is 103 cm³/mol. The summed E-state index contributed by atoms with van der Waals surface area (Å²) in [6.07, 6.45) is 3.51. The van der Waals surface area contributed by atoms with Crippen LogP contribution in [0, 0.1) is 0 Å². The number of benzene rings is 2. The van der Waals surface area contributed by atoms with Gasteiger partial charge in [-0.2, -0.15) is 0 Å². The summed E-state index contributed by atoms with van der Waals surface area (Å²) in [5, 5.41) is 6.84. The van der Waals surface area contributed by atoms with Gasteiger partial charge in [-0.15, -0.1) is 0 Å². The van der Waals surface area contributed by atoms with Gasteiger partial charge in [0.1, 0.15) is 4.90 Å². The molecule has 0 amide bonds. The van der Waals surface area contributed by atoms with Crippen LogP contribution in [0.2, 0.25) is 5.02 Å². The predicted octanol–water partition coefficient (Wildman–Crippen LogP) is 2.89. The van der Waals surface area contributed by atoms with Gasteiger partial charge in [-0.1, -0.05) is 29.8 Å². The van der Waals surface area contributed by atoms with E-state index in [-0.39, 0.29) is 10.6 Å². The maximum Gasteiger partial charge on any atom is 0.255 e. The number of rotatable bonds is 5. The number of hydrogen-bond acceptors (Lipinski definition) is 4. The minimum atomic E-state index is -4.07. The number of anilines is 1. The molecule has 26 heavy (non-hydrogen) atoms. The molecule has 0 heterocycles. The van der Waals surface area contributed by atoms with E-state index in [9.17, 15) is 16.8 Å². The van der Waals surface area contributed by atoms with Gasteiger partial charge in [0.2, 0.25) is 10.0 Å². The van der Waals surface area contributed by atoms with Crippen molar-refractivity contribution in [2.24, 2.45) is 5.14 Å². The first-order chi connectivity index (χ1) is 12.2. The highest BCUT2D eigenvalue weighted by molar-refractivity contribution is 7.95. The van der Waals surface area contributed by atoms with E-state index in [4.69, 9.17) is 16.7 Å². The third kappa shape index (κ3) is 4.27. The molecule has 9 heteroatoms. The summed E-state index contributed by atoms with van der Waals surface area (Å²) in [6, 6.07) is 9.79. The molecule has 0 spiro atoms. The zero-order valence-corrected chi connectivity index (χ0v) is 16.0. The van der Waals surface area contributed by atoms with E-state index < -0.39 is 20.0 Å². The molecule has 0 unspecified atom stereocenters. The second kappa shape index (κ2) is 7.03. The maximum absolute atomic E-state index is 12.4. The Morgan fingerprint density at radius 2 is 1.69 bits per heavy atom. The smallest absolute Gasteiger partial charge is 0.255 e. The summed E-state index contributed by atoms with van der Waals surface area (Å²) in [5.74, 6) is 0. The Morgan fingerprint density at radius 1 is 1.00 bits per heavy atom. The number of nitrogens with one attached hydrogen (secondary N) is 1. The van der Waals surface area contributed by atoms with Gasteiger partial charge in [0.15, 0.2) is 0 Å². The van der Waals surface area contributed by atoms with Gasteiger partial charge in [0.25, 0.3) is 10.0 Å². The number of primary sulfonamides is 1. The second-order valence-corrected chi connectivity index (χ2v) is 9.48. The van der Waals surface area contributed by atoms with Gasteiger partial charge in [-0.3, -0.25) is 4.72 Å². The fraction of sp³-hybridized carbons (Fsp3) is 0.176. The molecule has 0 fully saturated rings. The minimum absolute atomic E-state index is 0.0334. The first-order valence-corrected chi connectivity index (χ1v) is 11.3. The van der Waals surface area contributed by atoms with Gasteiger partial charge < -0.3 is 0 Å². The van der Waals surface area contributed by atoms with Crippen molar-refractivity contribution in [2.45, 2.75) is 24.2 Å². The minimum Gasteiger partial charge on any atom is -0.279 e. The maximum atomic E-state index is 12.4. The van der Waals surface area contributed by atoms with Crippen LogP contribution in [0.3, 0.4) is 0 Å². The molecule has 0 aliphatic heterocycles. The van der Waals surface area contributed by atoms with Crippen LogP contribution in [0.1, 0.15) is 23.1 Å². The molecule has 0 bridgehead atoms. The summed E-state index contributed by atoms with van der Waals surface area (Å²) in [5.41, 5.74) is 2.08. The largest absolute Gasteiger partial charge is 0.279 e. The standard InChI is InChI=1S/C17H17ClN2O4S2/c18-14-7-4-12(5-8-14)10-11-25(21,22)20-16-9-6-13-2-1-3-15(13)17(16)26(19,23)24/h4-11,20H,1-3H2,(H2,19,23,24). The molecule has 0 radical (unpaired) electrons. The summed E-state index contributed by atoms with van der Waals surface area (Å²) in [6.45, 7) is 0. The first-order valence-electron chi connectivity index (χ1n) is 7.80. The molecule has 0 aromatic heterocycles. The van der Waals surface area contributed by atoms with E-state index in [1.54, 1.807) is 30.3 Å². The molecule has 3 rings (SSSR count). The number of fused-ring (bicyclic) bond motifs is 1. The van der Waals surface area contributed by atoms with Crippen molar-refractivity contribution in [1.82, 2.24) is 0 Å². The molecule has 3 N–H and O–H groups in total. The van der Waals surface area contributed by atoms with Gasteiger partial charge in [-0.05, 0) is 60.2 Å². The zero-order valence-electron chi connectivity index (χ0n) is 13.6. The summed E-state index contributed by atoms with van der Waals surface area (Å²) in [4.78, 5) is -0.143. The number of aryl methyl sites for hydroxylation is 1. The van der Waals surface area contributed by atoms with Crippen molar-refractivity contribution >= 4 is 43.4 Å². The van der Waals surface area contributed by atoms with E-state index >= 15 is 0 Å². The highest BCUT2D eigenvalue weighted by Gasteiger charge is 2.26. The summed E-state index contributed by atoms with van der Waals surface area (Å²) in [7, 11) is -8.00. The Morgan fingerprint density at radius 3 is 2.35 bits per heavy atom. The highest BCUT2D eigenvalue weighted by Crippen LogP contribution is 2.34. The lowest BCUT2D eigenvalue weighted by atomic mass is 10.1. The van der Waals surface area contributed by atoms with Gasteiger partial charge in [0.05, 0.1) is 11.1 Å². The quantitative estimate of drug-likeness (QED) is 0.787. The van der Waals surface area contributed by atoms with Crippen LogP contribution < -0.4 is 9.86 Å². The van der Waals surface area contributed by atoms with Crippen molar-refractivity contribution in [3.05, 3.63) is 63.5 Å². The van der Waals surface area contributed by atoms with Gasteiger partial charge in [-0.25, -0.2) is 22.0 Å². The van der Waals surface area contributed by atoms with Gasteiger partial charge >= 0.3 is 0 Å². The molecule has 6 nitrogen and oxygen atoms in total. The molecule has 2 aromatic carbocycles. The Balaban J connectivity index is 1.94. The molecular weight excluding hydrogens is 396 g/mol. The fourth-order valence-electron chi connectivity index (χ4n) is 2.97. The van der Waals surface area contributed by atoms with Crippen molar-refractivity contribution in [2.75, 3.05) is 4.72 Å². The SMILES string of the molecule is NS(=O)(=O)c1c(NS(=O)(=O)C=Cc2ccc(Cl)cc2)ccc2c1CCC2. The Bertz CT molecular complexity index is 1080. The molecule has 138 valence electrons. The fourth-order valence-corrected chi connectivity index (χ4v) is 5.04. The third-order valence-electron chi connectivity index (χ3n) is 4.08. The number of hydrogen-bond donors (Lipinski definition) is 2. The normalized spacial score (nSPS) is 14.5. The van der Waals surface area contributed by atoms with Crippen LogP contribution in [-0.4, -0.2) is 16.8 Å². The molecule has 1 aliphatic rings. The van der Waals surface area contributed by atoms with Crippen molar-refractivity contribution in [1.29, 1.82) is 0 Å². The van der Waals surface area contributed by atoms with Gasteiger partial charge in [0, 0.05) is 5.02 Å². The number of nitrogens with two attached hydrogens (primary N) is 1. The second-order valence-electron chi connectivity index (χ2n) is 5.98. The Kier molecular flexibility index (Phi) is 5.12. The van der Waals surface area contributed by atoms with E-state index in [2.05, 4.69) is 4.72 Å². The molecule has 2 aromatic rings. The average molecular weight is 413 g/mol. The molecular formula is C17H17ClN2O4S2. The average Bonchev–Trinajstić information content (AvgIpc) is 3.01. The Hall–Kier alpha value is -1.87. The zero-order chi connectivity index (χ0) is 18.9. The van der Waals surface area contributed by atoms with E-state index in [0.717, 1.165) is 23.8 Å². The number of halogens is 1. The van der Waals surface area contributed by atoms with Crippen molar-refractivity contribution in [3.8, 4) is 0 Å². The van der Waals surface area contributed by atoms with Crippen LogP contribution >= 0.6 is 11.6 Å². The lowest BCUT2D eigenvalue weighted by Crippen LogP contribution is -2.19. The molecule has 0 saturated carbocycles. The molecule has 0 saturated heterocycles. The lowest BCUT2D eigenvalue weighted by Gasteiger charge is -2.13. The Labute approximate surface area is 157 Å². The molecule has 0 atom stereocenters. The van der Waals surface area contributed by atoms with Crippen LogP contribution in [0.15, 0.2) is 46.7 Å². The van der Waals surface area contributed by atoms with E-state index in [1.165, 1.54) is 12.1 Å². The summed E-state index contributed by atoms with van der Waals surface area (Å²) < 4.78 is 51.1. The first kappa shape index (κ1) is 18.9.